The molecule has 1 saturated carbocycles. The highest BCUT2D eigenvalue weighted by molar-refractivity contribution is 7.89. The Morgan fingerprint density at radius 1 is 1.25 bits per heavy atom. The Morgan fingerprint density at radius 3 is 2.55 bits per heavy atom. The molecule has 0 heterocycles. The fourth-order valence-electron chi connectivity index (χ4n) is 2.39. The Kier molecular flexibility index (Phi) is 6.57. The number of nitrogens with one attached hydrogen (secondary N) is 1. The van der Waals surface area contributed by atoms with Gasteiger partial charge in [0.2, 0.25) is 10.0 Å². The van der Waals surface area contributed by atoms with Crippen LogP contribution in [0.25, 0.3) is 0 Å². The van der Waals surface area contributed by atoms with Crippen LogP contribution in [0, 0.1) is 5.92 Å². The predicted octanol–water partition coefficient (Wildman–Crippen LogP) is 2.82. The van der Waals surface area contributed by atoms with Gasteiger partial charge in [0.15, 0.2) is 0 Å². The standard InChI is InChI=1S/C12H16Cl2N2O2S.ClH/c13-10-5-4-9(6-11(10)14)19(17,18)16-12-3-1-2-8(12)7-15;/h4-6,8,12,16H,1-3,7,15H2;1H. The maximum absolute atomic E-state index is 12.3. The smallest absolute Gasteiger partial charge is 0.240 e. The lowest BCUT2D eigenvalue weighted by Crippen LogP contribution is -2.39. The first-order valence-electron chi connectivity index (χ1n) is 6.11. The van der Waals surface area contributed by atoms with Crippen LogP contribution in [0.2, 0.25) is 10.0 Å². The Balaban J connectivity index is 0.00000200. The number of hydrogen-bond acceptors (Lipinski definition) is 3. The second-order valence-corrected chi connectivity index (χ2v) is 7.26. The molecule has 0 amide bonds. The molecule has 1 aromatic rings. The van der Waals surface area contributed by atoms with Crippen LogP contribution in [0.3, 0.4) is 0 Å². The Bertz CT molecular complexity index is 566. The summed E-state index contributed by atoms with van der Waals surface area (Å²) in [5.74, 6) is 0.206. The van der Waals surface area contributed by atoms with E-state index >= 15 is 0 Å². The molecule has 3 N–H and O–H groups in total. The van der Waals surface area contributed by atoms with Crippen molar-refractivity contribution in [1.82, 2.24) is 4.72 Å². The average Bonchev–Trinajstić information content (AvgIpc) is 2.79. The topological polar surface area (TPSA) is 72.2 Å². The predicted molar refractivity (Wildman–Crippen MR) is 84.2 cm³/mol. The quantitative estimate of drug-likeness (QED) is 0.868. The van der Waals surface area contributed by atoms with Gasteiger partial charge < -0.3 is 5.73 Å². The fraction of sp³-hybridized carbons (Fsp3) is 0.500. The van der Waals surface area contributed by atoms with Gasteiger partial charge in [0.05, 0.1) is 14.9 Å². The fourth-order valence-corrected chi connectivity index (χ4v) is 4.11. The van der Waals surface area contributed by atoms with Gasteiger partial charge in [0, 0.05) is 6.04 Å². The molecule has 0 aliphatic heterocycles. The van der Waals surface area contributed by atoms with E-state index in [1.54, 1.807) is 0 Å². The average molecular weight is 360 g/mol. The van der Waals surface area contributed by atoms with E-state index in [1.165, 1.54) is 18.2 Å². The van der Waals surface area contributed by atoms with Crippen molar-refractivity contribution in [2.75, 3.05) is 6.54 Å². The molecule has 1 aromatic carbocycles. The maximum atomic E-state index is 12.3. The monoisotopic (exact) mass is 358 g/mol. The van der Waals surface area contributed by atoms with E-state index < -0.39 is 10.0 Å². The normalized spacial score (nSPS) is 22.6. The van der Waals surface area contributed by atoms with Crippen LogP contribution in [0.1, 0.15) is 19.3 Å². The van der Waals surface area contributed by atoms with Crippen LogP contribution in [-0.4, -0.2) is 21.0 Å². The molecule has 114 valence electrons. The highest BCUT2D eigenvalue weighted by Crippen LogP contribution is 2.28. The van der Waals surface area contributed by atoms with Crippen LogP contribution in [0.5, 0.6) is 0 Å². The zero-order valence-electron chi connectivity index (χ0n) is 10.7. The second-order valence-electron chi connectivity index (χ2n) is 4.73. The second kappa shape index (κ2) is 7.29. The summed E-state index contributed by atoms with van der Waals surface area (Å²) in [7, 11) is -3.57. The SMILES string of the molecule is Cl.NCC1CCCC1NS(=O)(=O)c1ccc(Cl)c(Cl)c1. The zero-order chi connectivity index (χ0) is 14.0. The minimum absolute atomic E-state index is 0. The summed E-state index contributed by atoms with van der Waals surface area (Å²) in [6, 6.07) is 4.19. The van der Waals surface area contributed by atoms with Crippen LogP contribution in [0.15, 0.2) is 23.1 Å². The minimum Gasteiger partial charge on any atom is -0.330 e. The molecule has 0 bridgehead atoms. The minimum atomic E-state index is -3.57. The van der Waals surface area contributed by atoms with Crippen LogP contribution in [-0.2, 0) is 10.0 Å². The van der Waals surface area contributed by atoms with E-state index in [2.05, 4.69) is 4.72 Å². The van der Waals surface area contributed by atoms with Crippen LogP contribution >= 0.6 is 35.6 Å². The molecule has 0 radical (unpaired) electrons. The summed E-state index contributed by atoms with van der Waals surface area (Å²) in [4.78, 5) is 0.129. The lowest BCUT2D eigenvalue weighted by molar-refractivity contribution is 0.453. The van der Waals surface area contributed by atoms with Gasteiger partial charge in [-0.05, 0) is 43.5 Å². The van der Waals surface area contributed by atoms with Crippen molar-refractivity contribution in [3.05, 3.63) is 28.2 Å². The Morgan fingerprint density at radius 2 is 1.95 bits per heavy atom. The first-order valence-corrected chi connectivity index (χ1v) is 8.35. The third-order valence-corrected chi connectivity index (χ3v) is 5.70. The molecule has 2 atom stereocenters. The van der Waals surface area contributed by atoms with Crippen LogP contribution < -0.4 is 10.5 Å². The van der Waals surface area contributed by atoms with Crippen molar-refractivity contribution in [3.63, 3.8) is 0 Å². The van der Waals surface area contributed by atoms with Gasteiger partial charge >= 0.3 is 0 Å². The molecular weight excluding hydrogens is 343 g/mol. The molecule has 8 heteroatoms. The lowest BCUT2D eigenvalue weighted by atomic mass is 10.1. The first kappa shape index (κ1) is 18.0. The number of hydrogen-bond donors (Lipinski definition) is 2. The van der Waals surface area contributed by atoms with Gasteiger partial charge in [-0.3, -0.25) is 0 Å². The van der Waals surface area contributed by atoms with E-state index in [-0.39, 0.29) is 34.3 Å². The molecule has 20 heavy (non-hydrogen) atoms. The van der Waals surface area contributed by atoms with Gasteiger partial charge in [0.1, 0.15) is 0 Å². The Labute approximate surface area is 135 Å². The van der Waals surface area contributed by atoms with Crippen molar-refractivity contribution >= 4 is 45.6 Å². The Hall–Kier alpha value is -0.0400. The number of benzene rings is 1. The summed E-state index contributed by atoms with van der Waals surface area (Å²) in [5.41, 5.74) is 5.65. The summed E-state index contributed by atoms with van der Waals surface area (Å²) in [6.07, 6.45) is 2.78. The van der Waals surface area contributed by atoms with Gasteiger partial charge in [0.25, 0.3) is 0 Å². The molecule has 4 nitrogen and oxygen atoms in total. The van der Waals surface area contributed by atoms with Gasteiger partial charge in [-0.1, -0.05) is 29.6 Å². The summed E-state index contributed by atoms with van der Waals surface area (Å²) >= 11 is 11.6. The van der Waals surface area contributed by atoms with E-state index in [0.717, 1.165) is 19.3 Å². The molecule has 1 aliphatic rings. The van der Waals surface area contributed by atoms with Crippen molar-refractivity contribution < 1.29 is 8.42 Å². The van der Waals surface area contributed by atoms with E-state index in [0.29, 0.717) is 11.6 Å². The third-order valence-electron chi connectivity index (χ3n) is 3.47. The van der Waals surface area contributed by atoms with Crippen molar-refractivity contribution in [3.8, 4) is 0 Å². The molecule has 2 unspecified atom stereocenters. The van der Waals surface area contributed by atoms with E-state index in [9.17, 15) is 8.42 Å². The molecule has 0 spiro atoms. The number of nitrogens with two attached hydrogens (primary N) is 1. The van der Waals surface area contributed by atoms with Crippen molar-refractivity contribution in [2.45, 2.75) is 30.2 Å². The highest BCUT2D eigenvalue weighted by atomic mass is 35.5. The molecule has 1 aliphatic carbocycles. The molecule has 0 aromatic heterocycles. The van der Waals surface area contributed by atoms with Gasteiger partial charge in [-0.2, -0.15) is 0 Å². The maximum Gasteiger partial charge on any atom is 0.240 e. The number of rotatable bonds is 4. The number of sulfonamides is 1. The van der Waals surface area contributed by atoms with E-state index in [1.807, 2.05) is 0 Å². The summed E-state index contributed by atoms with van der Waals surface area (Å²) < 4.78 is 27.2. The molecule has 0 saturated heterocycles. The number of halogens is 3. The van der Waals surface area contributed by atoms with Crippen LogP contribution in [0.4, 0.5) is 0 Å². The zero-order valence-corrected chi connectivity index (χ0v) is 13.8. The van der Waals surface area contributed by atoms with Crippen molar-refractivity contribution in [2.24, 2.45) is 11.7 Å². The first-order chi connectivity index (χ1) is 8.94. The third kappa shape index (κ3) is 4.00. The largest absolute Gasteiger partial charge is 0.330 e. The van der Waals surface area contributed by atoms with Gasteiger partial charge in [-0.25, -0.2) is 13.1 Å². The summed E-state index contributed by atoms with van der Waals surface area (Å²) in [6.45, 7) is 0.495. The molecule has 1 fully saturated rings. The van der Waals surface area contributed by atoms with Crippen molar-refractivity contribution in [1.29, 1.82) is 0 Å². The molecule has 2 rings (SSSR count). The van der Waals surface area contributed by atoms with E-state index in [4.69, 9.17) is 28.9 Å². The lowest BCUT2D eigenvalue weighted by Gasteiger charge is -2.19. The summed E-state index contributed by atoms with van der Waals surface area (Å²) in [5, 5.41) is 0.563. The molecular formula is C12H17Cl3N2O2S. The highest BCUT2D eigenvalue weighted by Gasteiger charge is 2.30. The van der Waals surface area contributed by atoms with Gasteiger partial charge in [-0.15, -0.1) is 12.4 Å².